The van der Waals surface area contributed by atoms with E-state index < -0.39 is 11.8 Å². The van der Waals surface area contributed by atoms with Crippen LogP contribution < -0.4 is 5.32 Å². The maximum absolute atomic E-state index is 13.5. The lowest BCUT2D eigenvalue weighted by molar-refractivity contribution is -0.118. The number of carbonyl (C=O) groups is 2. The molecule has 2 aliphatic rings. The minimum atomic E-state index is -0.589. The van der Waals surface area contributed by atoms with Crippen LogP contribution in [0, 0.1) is 12.8 Å². The van der Waals surface area contributed by atoms with Crippen molar-refractivity contribution in [3.63, 3.8) is 0 Å². The smallest absolute Gasteiger partial charge is 0.265 e. The van der Waals surface area contributed by atoms with Gasteiger partial charge < -0.3 is 5.32 Å². The molecule has 0 aliphatic carbocycles. The lowest BCUT2D eigenvalue weighted by Crippen LogP contribution is -2.35. The number of hydrazone groups is 1. The largest absolute Gasteiger partial charge is 0.310 e. The molecule has 1 unspecified atom stereocenters. The van der Waals surface area contributed by atoms with E-state index in [-0.39, 0.29) is 17.8 Å². The first-order valence-electron chi connectivity index (χ1n) is 10.5. The van der Waals surface area contributed by atoms with Gasteiger partial charge in [0, 0.05) is 19.3 Å². The molecule has 9 heteroatoms. The van der Waals surface area contributed by atoms with Crippen molar-refractivity contribution in [1.82, 2.24) is 14.8 Å². The average molecular weight is 439 g/mol. The van der Waals surface area contributed by atoms with Crippen molar-refractivity contribution in [2.45, 2.75) is 12.8 Å². The Morgan fingerprint density at radius 1 is 1.00 bits per heavy atom. The van der Waals surface area contributed by atoms with E-state index in [9.17, 15) is 9.59 Å². The molecule has 0 saturated heterocycles. The van der Waals surface area contributed by atoms with E-state index in [4.69, 9.17) is 0 Å². The molecule has 0 saturated carbocycles. The average Bonchev–Trinajstić information content (AvgIpc) is 3.38. The molecule has 2 aliphatic heterocycles. The molecule has 0 bridgehead atoms. The lowest BCUT2D eigenvalue weighted by Gasteiger charge is -2.19. The fraction of sp³-hybridized carbons (Fsp3) is 0.167. The Balaban J connectivity index is 1.50. The third-order valence-corrected chi connectivity index (χ3v) is 5.49. The maximum Gasteiger partial charge on any atom is 0.265 e. The van der Waals surface area contributed by atoms with Gasteiger partial charge in [0.1, 0.15) is 17.6 Å². The normalized spacial score (nSPS) is 17.1. The number of benzene rings is 2. The van der Waals surface area contributed by atoms with Crippen molar-refractivity contribution in [2.24, 2.45) is 21.0 Å². The standard InChI is InChI=1S/C24H21N7O2/c1-15-13-19(31(29-15)24-27-21-18(22(32)28-24)14-25-30(21)2)26-23(33)20(16-9-5-3-6-10-16)17-11-7-4-8-12-17/h3-14,18,20H,1-2H3,(H,26,33). The molecule has 0 fully saturated rings. The van der Waals surface area contributed by atoms with E-state index >= 15 is 0 Å². The van der Waals surface area contributed by atoms with Gasteiger partial charge in [-0.3, -0.25) is 14.6 Å². The fourth-order valence-electron chi connectivity index (χ4n) is 3.93. The van der Waals surface area contributed by atoms with E-state index in [1.165, 1.54) is 15.9 Å². The molecular weight excluding hydrogens is 418 g/mol. The van der Waals surface area contributed by atoms with Gasteiger partial charge in [-0.25, -0.2) is 0 Å². The van der Waals surface area contributed by atoms with E-state index in [2.05, 4.69) is 25.5 Å². The van der Waals surface area contributed by atoms with Gasteiger partial charge in [0.2, 0.25) is 5.91 Å². The summed E-state index contributed by atoms with van der Waals surface area (Å²) in [4.78, 5) is 34.6. The molecule has 3 aromatic rings. The highest BCUT2D eigenvalue weighted by Crippen LogP contribution is 2.27. The van der Waals surface area contributed by atoms with E-state index in [0.717, 1.165) is 11.1 Å². The minimum Gasteiger partial charge on any atom is -0.310 e. The number of fused-ring (bicyclic) bond motifs is 1. The monoisotopic (exact) mass is 439 g/mol. The number of rotatable bonds is 4. The van der Waals surface area contributed by atoms with Gasteiger partial charge in [0.15, 0.2) is 0 Å². The first-order valence-corrected chi connectivity index (χ1v) is 10.5. The summed E-state index contributed by atoms with van der Waals surface area (Å²) in [6.45, 7) is 1.80. The van der Waals surface area contributed by atoms with Crippen LogP contribution in [0.2, 0.25) is 0 Å². The van der Waals surface area contributed by atoms with E-state index in [1.54, 1.807) is 20.0 Å². The van der Waals surface area contributed by atoms with Crippen LogP contribution in [0.5, 0.6) is 0 Å². The second-order valence-electron chi connectivity index (χ2n) is 7.81. The topological polar surface area (TPSA) is 104 Å². The summed E-state index contributed by atoms with van der Waals surface area (Å²) in [5, 5.41) is 13.0. The summed E-state index contributed by atoms with van der Waals surface area (Å²) < 4.78 is 1.38. The predicted molar refractivity (Wildman–Crippen MR) is 125 cm³/mol. The molecule has 9 nitrogen and oxygen atoms in total. The number of anilines is 1. The number of aliphatic imine (C=N–C) groups is 2. The van der Waals surface area contributed by atoms with Crippen LogP contribution in [0.4, 0.5) is 5.82 Å². The van der Waals surface area contributed by atoms with Crippen molar-refractivity contribution in [1.29, 1.82) is 0 Å². The molecular formula is C24H21N7O2. The van der Waals surface area contributed by atoms with Gasteiger partial charge in [0.25, 0.3) is 11.9 Å². The van der Waals surface area contributed by atoms with Crippen LogP contribution >= 0.6 is 0 Å². The van der Waals surface area contributed by atoms with E-state index in [0.29, 0.717) is 17.3 Å². The first-order chi connectivity index (χ1) is 16.0. The maximum atomic E-state index is 13.5. The van der Waals surface area contributed by atoms with Crippen LogP contribution in [0.3, 0.4) is 0 Å². The first kappa shape index (κ1) is 20.5. The summed E-state index contributed by atoms with van der Waals surface area (Å²) in [5.41, 5.74) is 2.37. The van der Waals surface area contributed by atoms with Crippen molar-refractivity contribution >= 4 is 35.6 Å². The van der Waals surface area contributed by atoms with Crippen LogP contribution in [-0.4, -0.2) is 51.7 Å². The molecule has 0 spiro atoms. The highest BCUT2D eigenvalue weighted by atomic mass is 16.2. The number of hydrogen-bond donors (Lipinski definition) is 1. The zero-order chi connectivity index (χ0) is 22.9. The minimum absolute atomic E-state index is 0.0861. The number of nitrogens with zero attached hydrogens (tertiary/aromatic N) is 6. The Morgan fingerprint density at radius 3 is 2.27 bits per heavy atom. The zero-order valence-electron chi connectivity index (χ0n) is 18.1. The summed E-state index contributed by atoms with van der Waals surface area (Å²) in [6.07, 6.45) is 1.52. The predicted octanol–water partition coefficient (Wildman–Crippen LogP) is 2.65. The molecule has 3 heterocycles. The number of aryl methyl sites for hydroxylation is 1. The van der Waals surface area contributed by atoms with Crippen molar-refractivity contribution < 1.29 is 9.59 Å². The highest BCUT2D eigenvalue weighted by molar-refractivity contribution is 6.24. The van der Waals surface area contributed by atoms with Gasteiger partial charge in [0.05, 0.1) is 11.6 Å². The van der Waals surface area contributed by atoms with Crippen molar-refractivity contribution in [2.75, 3.05) is 12.4 Å². The number of nitrogens with one attached hydrogen (secondary N) is 1. The van der Waals surface area contributed by atoms with Crippen LogP contribution in [-0.2, 0) is 9.59 Å². The van der Waals surface area contributed by atoms with Crippen LogP contribution in [0.15, 0.2) is 81.8 Å². The van der Waals surface area contributed by atoms with E-state index in [1.807, 2.05) is 60.7 Å². The Labute approximate surface area is 190 Å². The number of carbonyl (C=O) groups excluding carboxylic acids is 2. The molecule has 1 atom stereocenters. The Morgan fingerprint density at radius 2 is 1.64 bits per heavy atom. The molecule has 5 rings (SSSR count). The fourth-order valence-corrected chi connectivity index (χ4v) is 3.93. The van der Waals surface area contributed by atoms with Gasteiger partial charge in [-0.1, -0.05) is 60.7 Å². The SMILES string of the molecule is Cc1cc(NC(=O)C(c2ccccc2)c2ccccc2)n(C2=NC(=O)C3C=NN(C)C3=N2)n1. The molecule has 33 heavy (non-hydrogen) atoms. The molecule has 0 radical (unpaired) electrons. The second-order valence-corrected chi connectivity index (χ2v) is 7.81. The number of amidine groups is 1. The molecule has 2 aromatic carbocycles. The van der Waals surface area contributed by atoms with Crippen LogP contribution in [0.25, 0.3) is 0 Å². The summed E-state index contributed by atoms with van der Waals surface area (Å²) in [6, 6.07) is 20.9. The molecule has 2 amide bonds. The second kappa shape index (κ2) is 8.27. The van der Waals surface area contributed by atoms with Gasteiger partial charge >= 0.3 is 0 Å². The quantitative estimate of drug-likeness (QED) is 0.675. The third kappa shape index (κ3) is 3.84. The Bertz CT molecular complexity index is 1270. The van der Waals surface area contributed by atoms with Crippen LogP contribution in [0.1, 0.15) is 22.7 Å². The lowest BCUT2D eigenvalue weighted by atomic mass is 9.90. The number of aromatic nitrogens is 2. The Kier molecular flexibility index (Phi) is 5.14. The van der Waals surface area contributed by atoms with Gasteiger partial charge in [-0.15, -0.1) is 0 Å². The summed E-state index contributed by atoms with van der Waals surface area (Å²) in [5.74, 6) is -0.789. The Hall–Kier alpha value is -4.40. The summed E-state index contributed by atoms with van der Waals surface area (Å²) in [7, 11) is 1.72. The number of hydrogen-bond acceptors (Lipinski definition) is 6. The molecule has 1 aromatic heterocycles. The summed E-state index contributed by atoms with van der Waals surface area (Å²) >= 11 is 0. The third-order valence-electron chi connectivity index (χ3n) is 5.49. The van der Waals surface area contributed by atoms with Crippen molar-refractivity contribution in [3.05, 3.63) is 83.6 Å². The van der Waals surface area contributed by atoms with Gasteiger partial charge in [-0.2, -0.15) is 24.9 Å². The number of amides is 2. The molecule has 1 N–H and O–H groups in total. The highest BCUT2D eigenvalue weighted by Gasteiger charge is 2.35. The van der Waals surface area contributed by atoms with Gasteiger partial charge in [-0.05, 0) is 18.1 Å². The van der Waals surface area contributed by atoms with Crippen molar-refractivity contribution in [3.8, 4) is 0 Å². The zero-order valence-corrected chi connectivity index (χ0v) is 18.1. The molecule has 164 valence electrons.